The Bertz CT molecular complexity index is 856. The maximum atomic E-state index is 11.9. The van der Waals surface area contributed by atoms with E-state index >= 15 is 0 Å². The van der Waals surface area contributed by atoms with Crippen LogP contribution in [0.4, 0.5) is 0 Å². The van der Waals surface area contributed by atoms with E-state index in [-0.39, 0.29) is 12.5 Å². The van der Waals surface area contributed by atoms with Crippen molar-refractivity contribution in [2.45, 2.75) is 33.7 Å². The number of amides is 2. The number of ether oxygens (including phenoxy) is 1. The molecule has 1 aromatic heterocycles. The van der Waals surface area contributed by atoms with Crippen molar-refractivity contribution in [2.24, 2.45) is 0 Å². The van der Waals surface area contributed by atoms with Gasteiger partial charge >= 0.3 is 5.63 Å². The van der Waals surface area contributed by atoms with Crippen LogP contribution in [0.5, 0.6) is 5.75 Å². The number of nitrogens with one attached hydrogen (secondary N) is 2. The van der Waals surface area contributed by atoms with Crippen molar-refractivity contribution in [1.29, 1.82) is 0 Å². The molecule has 1 aromatic carbocycles. The molecule has 1 atom stereocenters. The van der Waals surface area contributed by atoms with E-state index in [1.54, 1.807) is 32.9 Å². The van der Waals surface area contributed by atoms with Crippen molar-refractivity contribution in [1.82, 2.24) is 10.6 Å². The van der Waals surface area contributed by atoms with Crippen LogP contribution in [-0.4, -0.2) is 31.0 Å². The lowest BCUT2D eigenvalue weighted by Crippen LogP contribution is -2.46. The number of rotatable bonds is 6. The first kappa shape index (κ1) is 18.5. The minimum atomic E-state index is -0.644. The summed E-state index contributed by atoms with van der Waals surface area (Å²) in [6, 6.07) is 4.30. The SMILES string of the molecule is CCNC(=O)[C@H](C)NC(=O)COc1ccc2c(C)cc(=O)oc2c1C. The minimum absolute atomic E-state index is 0.244. The molecule has 0 saturated carbocycles. The van der Waals surface area contributed by atoms with Gasteiger partial charge in [-0.3, -0.25) is 9.59 Å². The third-order valence-electron chi connectivity index (χ3n) is 3.80. The Morgan fingerprint density at radius 1 is 1.28 bits per heavy atom. The number of hydrogen-bond donors (Lipinski definition) is 2. The van der Waals surface area contributed by atoms with Gasteiger partial charge in [0.1, 0.15) is 17.4 Å². The van der Waals surface area contributed by atoms with E-state index in [1.807, 2.05) is 6.92 Å². The molecule has 2 rings (SSSR count). The maximum Gasteiger partial charge on any atom is 0.336 e. The van der Waals surface area contributed by atoms with Gasteiger partial charge in [0.2, 0.25) is 5.91 Å². The molecule has 2 N–H and O–H groups in total. The van der Waals surface area contributed by atoms with E-state index in [2.05, 4.69) is 10.6 Å². The summed E-state index contributed by atoms with van der Waals surface area (Å²) in [4.78, 5) is 35.1. The van der Waals surface area contributed by atoms with Gasteiger partial charge in [-0.2, -0.15) is 0 Å². The summed E-state index contributed by atoms with van der Waals surface area (Å²) < 4.78 is 10.8. The van der Waals surface area contributed by atoms with Gasteiger partial charge in [0, 0.05) is 23.6 Å². The highest BCUT2D eigenvalue weighted by Gasteiger charge is 2.16. The fraction of sp³-hybridized carbons (Fsp3) is 0.389. The Morgan fingerprint density at radius 3 is 2.68 bits per heavy atom. The second-order valence-corrected chi connectivity index (χ2v) is 5.79. The Labute approximate surface area is 145 Å². The first-order valence-electron chi connectivity index (χ1n) is 8.07. The highest BCUT2D eigenvalue weighted by Crippen LogP contribution is 2.28. The smallest absolute Gasteiger partial charge is 0.336 e. The highest BCUT2D eigenvalue weighted by atomic mass is 16.5. The molecule has 0 radical (unpaired) electrons. The molecule has 25 heavy (non-hydrogen) atoms. The van der Waals surface area contributed by atoms with Crippen LogP contribution in [0, 0.1) is 13.8 Å². The molecule has 0 unspecified atom stereocenters. The summed E-state index contributed by atoms with van der Waals surface area (Å²) in [6.45, 7) is 7.24. The minimum Gasteiger partial charge on any atom is -0.483 e. The first-order valence-corrected chi connectivity index (χ1v) is 8.07. The predicted octanol–water partition coefficient (Wildman–Crippen LogP) is 1.43. The number of carbonyl (C=O) groups is 2. The molecule has 2 amide bonds. The normalized spacial score (nSPS) is 11.8. The number of likely N-dealkylation sites (N-methyl/N-ethyl adjacent to an activating group) is 1. The van der Waals surface area contributed by atoms with Crippen LogP contribution in [0.1, 0.15) is 25.0 Å². The summed E-state index contributed by atoms with van der Waals surface area (Å²) >= 11 is 0. The quantitative estimate of drug-likeness (QED) is 0.771. The molecule has 0 bridgehead atoms. The predicted molar refractivity (Wildman–Crippen MR) is 93.7 cm³/mol. The molecule has 7 nitrogen and oxygen atoms in total. The van der Waals surface area contributed by atoms with Gasteiger partial charge in [-0.05, 0) is 45.4 Å². The monoisotopic (exact) mass is 346 g/mol. The van der Waals surface area contributed by atoms with Crippen LogP contribution in [0.25, 0.3) is 11.0 Å². The van der Waals surface area contributed by atoms with Gasteiger partial charge in [0.25, 0.3) is 5.91 Å². The van der Waals surface area contributed by atoms with Crippen LogP contribution >= 0.6 is 0 Å². The lowest BCUT2D eigenvalue weighted by atomic mass is 10.1. The van der Waals surface area contributed by atoms with Gasteiger partial charge in [0.05, 0.1) is 0 Å². The fourth-order valence-electron chi connectivity index (χ4n) is 2.48. The zero-order valence-electron chi connectivity index (χ0n) is 14.8. The van der Waals surface area contributed by atoms with Crippen LogP contribution in [0.15, 0.2) is 27.4 Å². The lowest BCUT2D eigenvalue weighted by molar-refractivity contribution is -0.129. The molecular formula is C18H22N2O5. The Hall–Kier alpha value is -2.83. The third kappa shape index (κ3) is 4.37. The van der Waals surface area contributed by atoms with Crippen LogP contribution in [-0.2, 0) is 9.59 Å². The number of fused-ring (bicyclic) bond motifs is 1. The van der Waals surface area contributed by atoms with Gasteiger partial charge in [-0.25, -0.2) is 4.79 Å². The zero-order chi connectivity index (χ0) is 18.6. The molecule has 7 heteroatoms. The molecule has 0 saturated heterocycles. The summed E-state index contributed by atoms with van der Waals surface area (Å²) in [7, 11) is 0. The zero-order valence-corrected chi connectivity index (χ0v) is 14.8. The summed E-state index contributed by atoms with van der Waals surface area (Å²) in [6.07, 6.45) is 0. The van der Waals surface area contributed by atoms with Gasteiger partial charge in [-0.15, -0.1) is 0 Å². The van der Waals surface area contributed by atoms with Crippen molar-refractivity contribution in [2.75, 3.05) is 13.2 Å². The third-order valence-corrected chi connectivity index (χ3v) is 3.80. The molecular weight excluding hydrogens is 324 g/mol. The number of hydrogen-bond acceptors (Lipinski definition) is 5. The van der Waals surface area contributed by atoms with Crippen molar-refractivity contribution >= 4 is 22.8 Å². The van der Waals surface area contributed by atoms with Crippen LogP contribution < -0.4 is 21.0 Å². The molecule has 1 heterocycles. The molecule has 0 fully saturated rings. The van der Waals surface area contributed by atoms with E-state index < -0.39 is 17.6 Å². The maximum absolute atomic E-state index is 11.9. The highest BCUT2D eigenvalue weighted by molar-refractivity contribution is 5.88. The standard InChI is InChI=1S/C18H22N2O5/c1-5-19-18(23)12(4)20-15(21)9-24-14-7-6-13-10(2)8-16(22)25-17(13)11(14)3/h6-8,12H,5,9H2,1-4H3,(H,19,23)(H,20,21)/t12-/m0/s1. The van der Waals surface area contributed by atoms with Crippen molar-refractivity contribution in [3.63, 3.8) is 0 Å². The van der Waals surface area contributed by atoms with Gasteiger partial charge < -0.3 is 19.8 Å². The van der Waals surface area contributed by atoms with Crippen molar-refractivity contribution in [3.05, 3.63) is 39.7 Å². The van der Waals surface area contributed by atoms with E-state index in [4.69, 9.17) is 9.15 Å². The molecule has 134 valence electrons. The lowest BCUT2D eigenvalue weighted by Gasteiger charge is -2.15. The number of carbonyl (C=O) groups excluding carboxylic acids is 2. The largest absolute Gasteiger partial charge is 0.483 e. The molecule has 2 aromatic rings. The molecule has 0 spiro atoms. The topological polar surface area (TPSA) is 97.6 Å². The molecule has 0 aliphatic rings. The van der Waals surface area contributed by atoms with Gasteiger partial charge in [-0.1, -0.05) is 0 Å². The average Bonchev–Trinajstić information content (AvgIpc) is 2.55. The van der Waals surface area contributed by atoms with E-state index in [1.165, 1.54) is 6.07 Å². The molecule has 0 aliphatic carbocycles. The van der Waals surface area contributed by atoms with E-state index in [0.29, 0.717) is 23.4 Å². The summed E-state index contributed by atoms with van der Waals surface area (Å²) in [5.74, 6) is -0.221. The van der Waals surface area contributed by atoms with Crippen molar-refractivity contribution in [3.8, 4) is 5.75 Å². The van der Waals surface area contributed by atoms with Crippen molar-refractivity contribution < 1.29 is 18.7 Å². The van der Waals surface area contributed by atoms with Gasteiger partial charge in [0.15, 0.2) is 6.61 Å². The van der Waals surface area contributed by atoms with Crippen LogP contribution in [0.2, 0.25) is 0 Å². The van der Waals surface area contributed by atoms with E-state index in [9.17, 15) is 14.4 Å². The second kappa shape index (κ2) is 7.83. The summed E-state index contributed by atoms with van der Waals surface area (Å²) in [5, 5.41) is 6.01. The Balaban J connectivity index is 2.08. The molecule has 0 aliphatic heterocycles. The first-order chi connectivity index (χ1) is 11.8. The average molecular weight is 346 g/mol. The number of aryl methyl sites for hydroxylation is 2. The number of benzene rings is 1. The van der Waals surface area contributed by atoms with Crippen LogP contribution in [0.3, 0.4) is 0 Å². The Morgan fingerprint density at radius 2 is 2.00 bits per heavy atom. The second-order valence-electron chi connectivity index (χ2n) is 5.79. The Kier molecular flexibility index (Phi) is 5.80. The summed E-state index contributed by atoms with van der Waals surface area (Å²) in [5.41, 5.74) is 1.47. The fourth-order valence-corrected chi connectivity index (χ4v) is 2.48. The van der Waals surface area contributed by atoms with E-state index in [0.717, 1.165) is 10.9 Å².